The molecule has 4 aliphatic rings. The number of likely N-dealkylation sites (tertiary alicyclic amines) is 2. The van der Waals surface area contributed by atoms with Gasteiger partial charge in [-0.05, 0) is 46.5 Å². The number of rotatable bonds is 19. The highest BCUT2D eigenvalue weighted by molar-refractivity contribution is 5.97. The zero-order valence-electron chi connectivity index (χ0n) is 37.2. The lowest BCUT2D eigenvalue weighted by Gasteiger charge is -2.48. The van der Waals surface area contributed by atoms with Gasteiger partial charge in [0.15, 0.2) is 12.6 Å². The number of aliphatic hydroxyl groups is 7. The van der Waals surface area contributed by atoms with Crippen LogP contribution in [0.2, 0.25) is 0 Å². The highest BCUT2D eigenvalue weighted by Crippen LogP contribution is 2.31. The minimum atomic E-state index is -1.98. The smallest absolute Gasteiger partial charge is 0.246 e. The molecule has 0 aliphatic carbocycles. The maximum atomic E-state index is 14.2. The Kier molecular flexibility index (Phi) is 19.5. The highest BCUT2D eigenvalue weighted by Gasteiger charge is 2.53. The zero-order chi connectivity index (χ0) is 49.3. The maximum Gasteiger partial charge on any atom is 0.246 e. The zero-order valence-corrected chi connectivity index (χ0v) is 37.2. The molecule has 27 nitrogen and oxygen atoms in total. The lowest BCUT2D eigenvalue weighted by Crippen LogP contribution is -2.69. The largest absolute Gasteiger partial charge is 0.394 e. The van der Waals surface area contributed by atoms with E-state index in [1.165, 1.54) is 30.6 Å². The van der Waals surface area contributed by atoms with Gasteiger partial charge in [0.05, 0.1) is 25.9 Å². The molecule has 66 heavy (non-hydrogen) atoms. The predicted molar refractivity (Wildman–Crippen MR) is 219 cm³/mol. The van der Waals surface area contributed by atoms with Crippen LogP contribution in [0.1, 0.15) is 60.3 Å². The monoisotopic (exact) mass is 948 g/mol. The fraction of sp³-hybridized carbons (Fsp3) is 0.795. The second kappa shape index (κ2) is 23.9. The molecule has 27 heteroatoms. The van der Waals surface area contributed by atoms with Gasteiger partial charge in [0.2, 0.25) is 47.3 Å². The average Bonchev–Trinajstić information content (AvgIpc) is 3.97. The molecule has 0 aromatic heterocycles. The lowest BCUT2D eigenvalue weighted by molar-refractivity contribution is -0.347. The molecule has 0 bridgehead atoms. The molecule has 0 aromatic rings. The third-order valence-electron chi connectivity index (χ3n) is 11.8. The first-order valence-electron chi connectivity index (χ1n) is 21.6. The first-order chi connectivity index (χ1) is 31.1. The Bertz CT molecular complexity index is 1760. The fourth-order valence-electron chi connectivity index (χ4n) is 8.22. The van der Waals surface area contributed by atoms with Gasteiger partial charge in [-0.2, -0.15) is 0 Å². The number of carbonyl (C=O) groups excluding carboxylic acids is 8. The predicted octanol–water partition coefficient (Wildman–Crippen LogP) is -8.38. The molecule has 8 amide bonds. The van der Waals surface area contributed by atoms with Crippen LogP contribution in [0.25, 0.3) is 0 Å². The Hall–Kier alpha value is -4.68. The van der Waals surface area contributed by atoms with Crippen LogP contribution in [-0.2, 0) is 57.3 Å². The van der Waals surface area contributed by atoms with Crippen molar-refractivity contribution in [3.8, 4) is 0 Å². The second-order valence-electron chi connectivity index (χ2n) is 16.7. The van der Waals surface area contributed by atoms with Gasteiger partial charge >= 0.3 is 0 Å². The van der Waals surface area contributed by atoms with Gasteiger partial charge in [0, 0.05) is 26.9 Å². The number of amides is 8. The van der Waals surface area contributed by atoms with Crippen LogP contribution in [-0.4, -0.2) is 229 Å². The van der Waals surface area contributed by atoms with E-state index < -0.39 is 171 Å². The van der Waals surface area contributed by atoms with Crippen molar-refractivity contribution in [3.63, 3.8) is 0 Å². The summed E-state index contributed by atoms with van der Waals surface area (Å²) in [6.45, 7) is 3.70. The summed E-state index contributed by atoms with van der Waals surface area (Å²) < 4.78 is 23.2. The third kappa shape index (κ3) is 12.8. The summed E-state index contributed by atoms with van der Waals surface area (Å²) in [6, 6.07) is -9.37. The summed E-state index contributed by atoms with van der Waals surface area (Å²) in [4.78, 5) is 107. The van der Waals surface area contributed by atoms with E-state index in [0.29, 0.717) is 19.3 Å². The number of ether oxygens (including phenoxy) is 4. The fourth-order valence-corrected chi connectivity index (χ4v) is 8.22. The standard InChI is InChI=1S/C39H64N8O19/c1-15(32(40)57)41-34(59)21-8-6-10-46(21)37(62)22-9-7-11-47(22)36(61)16(2)42-35(60)25(45-33(58)20(12-48)43-18(4)51)17(3)63-38-26(44-19(5)52)31(28(54)24(14-50)64-38)66-39-30(56)29(55)27(53)23(13-49)65-39/h15-17,20-31,38-39,48-50,53-56H,6-14H2,1-5H3,(H2,40,57)(H,41,59)(H,42,60)(H,43,51)(H,44,52)(H,45,58)/t15?,16?,17?,20?,21?,22?,23?,24?,25?,26?,27-,28-,29-,30?,31+,38+,39-/m0/s1. The Balaban J connectivity index is 1.59. The van der Waals surface area contributed by atoms with Crippen LogP contribution in [0.4, 0.5) is 0 Å². The van der Waals surface area contributed by atoms with E-state index in [2.05, 4.69) is 26.6 Å². The van der Waals surface area contributed by atoms with Gasteiger partial charge in [0.1, 0.15) is 85.0 Å². The number of primary amides is 1. The van der Waals surface area contributed by atoms with E-state index in [4.69, 9.17) is 24.7 Å². The van der Waals surface area contributed by atoms with Crippen molar-refractivity contribution in [1.29, 1.82) is 0 Å². The van der Waals surface area contributed by atoms with Crippen LogP contribution in [0.3, 0.4) is 0 Å². The van der Waals surface area contributed by atoms with Crippen molar-refractivity contribution in [3.05, 3.63) is 0 Å². The number of nitrogens with zero attached hydrogens (tertiary/aromatic N) is 2. The van der Waals surface area contributed by atoms with E-state index >= 15 is 0 Å². The van der Waals surface area contributed by atoms with E-state index in [0.717, 1.165) is 13.8 Å². The molecule has 4 saturated heterocycles. The molecule has 4 heterocycles. The molecule has 17 atom stereocenters. The number of carbonyl (C=O) groups is 8. The minimum absolute atomic E-state index is 0.0984. The summed E-state index contributed by atoms with van der Waals surface area (Å²) in [7, 11) is 0. The summed E-state index contributed by atoms with van der Waals surface area (Å²) in [5.41, 5.74) is 5.29. The molecule has 4 fully saturated rings. The topological polar surface area (TPSA) is 408 Å². The second-order valence-corrected chi connectivity index (χ2v) is 16.7. The number of nitrogens with two attached hydrogens (primary N) is 1. The van der Waals surface area contributed by atoms with Crippen LogP contribution in [0, 0.1) is 0 Å². The van der Waals surface area contributed by atoms with Crippen LogP contribution < -0.4 is 32.3 Å². The van der Waals surface area contributed by atoms with E-state index in [-0.39, 0.29) is 19.5 Å². The quantitative estimate of drug-likeness (QED) is 0.0572. The SMILES string of the molecule is CC(=O)NC(CO)C(=O)NC(C(=O)NC(C)C(=O)N1CCCC1C(=O)N1CCCC1C(=O)NC(C)C(N)=O)C(C)O[C@@H]1OC(CO)[C@H](O)[C@H](O[C@@H]2OC(CO)[C@H](O)[C@H](O)C2O)C1NC(C)=O. The van der Waals surface area contributed by atoms with E-state index in [9.17, 15) is 74.1 Å². The first kappa shape index (κ1) is 53.9. The van der Waals surface area contributed by atoms with Crippen molar-refractivity contribution in [2.24, 2.45) is 5.73 Å². The molecule has 0 saturated carbocycles. The van der Waals surface area contributed by atoms with Gasteiger partial charge in [-0.15, -0.1) is 0 Å². The Labute approximate surface area is 378 Å². The number of aliphatic hydroxyl groups excluding tert-OH is 7. The van der Waals surface area contributed by atoms with Crippen molar-refractivity contribution in [1.82, 2.24) is 36.4 Å². The van der Waals surface area contributed by atoms with E-state index in [1.54, 1.807) is 0 Å². The minimum Gasteiger partial charge on any atom is -0.394 e. The van der Waals surface area contributed by atoms with E-state index in [1.807, 2.05) is 0 Å². The average molecular weight is 949 g/mol. The summed E-state index contributed by atoms with van der Waals surface area (Å²) in [5, 5.41) is 84.4. The molecule has 4 aliphatic heterocycles. The molecule has 0 aromatic carbocycles. The molecule has 11 unspecified atom stereocenters. The summed E-state index contributed by atoms with van der Waals surface area (Å²) in [5.74, 6) is -6.28. The van der Waals surface area contributed by atoms with Gasteiger partial charge in [-0.3, -0.25) is 38.4 Å². The van der Waals surface area contributed by atoms with Gasteiger partial charge < -0.3 is 96.8 Å². The molecule has 4 rings (SSSR count). The first-order valence-corrected chi connectivity index (χ1v) is 21.6. The molecular formula is C39H64N8O19. The Morgan fingerprint density at radius 1 is 0.697 bits per heavy atom. The maximum absolute atomic E-state index is 14.2. The van der Waals surface area contributed by atoms with Crippen molar-refractivity contribution >= 4 is 47.3 Å². The van der Waals surface area contributed by atoms with Crippen LogP contribution >= 0.6 is 0 Å². The lowest BCUT2D eigenvalue weighted by atomic mass is 9.95. The van der Waals surface area contributed by atoms with Crippen LogP contribution in [0.5, 0.6) is 0 Å². The van der Waals surface area contributed by atoms with Crippen molar-refractivity contribution in [2.75, 3.05) is 32.9 Å². The number of nitrogens with one attached hydrogen (secondary N) is 5. The number of hydrogen-bond donors (Lipinski definition) is 13. The van der Waals surface area contributed by atoms with Gasteiger partial charge in [-0.25, -0.2) is 0 Å². The molecule has 0 spiro atoms. The normalized spacial score (nSPS) is 32.2. The highest BCUT2D eigenvalue weighted by atomic mass is 16.7. The molecule has 14 N–H and O–H groups in total. The summed E-state index contributed by atoms with van der Waals surface area (Å²) >= 11 is 0. The molecule has 374 valence electrons. The van der Waals surface area contributed by atoms with Crippen LogP contribution in [0.15, 0.2) is 0 Å². The Morgan fingerprint density at radius 3 is 1.86 bits per heavy atom. The number of hydrogen-bond acceptors (Lipinski definition) is 19. The van der Waals surface area contributed by atoms with Gasteiger partial charge in [-0.1, -0.05) is 0 Å². The Morgan fingerprint density at radius 2 is 1.29 bits per heavy atom. The van der Waals surface area contributed by atoms with Gasteiger partial charge in [0.25, 0.3) is 0 Å². The summed E-state index contributed by atoms with van der Waals surface area (Å²) in [6.07, 6.45) is -16.1. The van der Waals surface area contributed by atoms with Crippen molar-refractivity contribution in [2.45, 2.75) is 164 Å². The molecule has 0 radical (unpaired) electrons. The molecular weight excluding hydrogens is 884 g/mol. The third-order valence-corrected chi connectivity index (χ3v) is 11.8. The van der Waals surface area contributed by atoms with Crippen molar-refractivity contribution < 1.29 is 93.0 Å².